The molecule has 12 unspecified atom stereocenters. The van der Waals surface area contributed by atoms with E-state index in [4.69, 9.17) is 0 Å². The predicted molar refractivity (Wildman–Crippen MR) is 241 cm³/mol. The highest BCUT2D eigenvalue weighted by Crippen LogP contribution is 2.65. The van der Waals surface area contributed by atoms with Crippen LogP contribution in [-0.4, -0.2) is 91.0 Å². The van der Waals surface area contributed by atoms with Crippen LogP contribution in [-0.2, 0) is 38.4 Å². The van der Waals surface area contributed by atoms with Gasteiger partial charge in [-0.1, -0.05) is 0 Å². The Morgan fingerprint density at radius 2 is 0.463 bits per heavy atom. The van der Waals surface area contributed by atoms with Crippen LogP contribution in [0.5, 0.6) is 0 Å². The summed E-state index contributed by atoms with van der Waals surface area (Å²) >= 11 is 0. The topological polar surface area (TPSA) is 150 Å². The van der Waals surface area contributed by atoms with Crippen LogP contribution in [0.15, 0.2) is 0 Å². The summed E-state index contributed by atoms with van der Waals surface area (Å²) in [5.74, 6) is 1.81. The second-order valence-electron chi connectivity index (χ2n) is 25.8. The van der Waals surface area contributed by atoms with E-state index >= 15 is 0 Å². The van der Waals surface area contributed by atoms with E-state index < -0.39 is 23.7 Å². The van der Waals surface area contributed by atoms with E-state index in [9.17, 15) is 38.4 Å². The minimum atomic E-state index is -0.463. The van der Waals surface area contributed by atoms with Crippen molar-refractivity contribution in [1.82, 2.24) is 19.6 Å². The van der Waals surface area contributed by atoms with Crippen LogP contribution < -0.4 is 0 Å². The van der Waals surface area contributed by atoms with Gasteiger partial charge in [0.05, 0.1) is 47.3 Å². The van der Waals surface area contributed by atoms with Gasteiger partial charge in [-0.2, -0.15) is 0 Å². The lowest BCUT2D eigenvalue weighted by molar-refractivity contribution is -0.147. The lowest BCUT2D eigenvalue weighted by atomic mass is 9.70. The lowest BCUT2D eigenvalue weighted by Crippen LogP contribution is -2.45. The first-order valence-electron chi connectivity index (χ1n) is 28.0. The van der Waals surface area contributed by atoms with Crippen LogP contribution in [0, 0.1) is 107 Å². The molecule has 4 aliphatic heterocycles. The number of nitrogens with zero attached hydrogens (tertiary/aromatic N) is 4. The summed E-state index contributed by atoms with van der Waals surface area (Å²) in [6.45, 7) is 0. The van der Waals surface area contributed by atoms with Crippen molar-refractivity contribution in [1.29, 1.82) is 0 Å². The molecule has 0 aromatic carbocycles. The molecule has 6 bridgehead atoms. The van der Waals surface area contributed by atoms with Crippen LogP contribution in [0.2, 0.25) is 0 Å². The van der Waals surface area contributed by atoms with Gasteiger partial charge in [-0.25, -0.2) is 0 Å². The Bertz CT molecular complexity index is 1930. The molecule has 4 heterocycles. The van der Waals surface area contributed by atoms with E-state index in [2.05, 4.69) is 0 Å². The fraction of sp³-hybridized carbons (Fsp3) is 0.855. The van der Waals surface area contributed by atoms with Crippen molar-refractivity contribution in [3.63, 3.8) is 0 Å². The van der Waals surface area contributed by atoms with Crippen molar-refractivity contribution in [2.45, 2.75) is 185 Å². The molecule has 14 fully saturated rings. The van der Waals surface area contributed by atoms with Crippen LogP contribution in [0.4, 0.5) is 0 Å². The summed E-state index contributed by atoms with van der Waals surface area (Å²) in [4.78, 5) is 118. The van der Waals surface area contributed by atoms with Gasteiger partial charge in [-0.3, -0.25) is 58.0 Å². The van der Waals surface area contributed by atoms with Crippen LogP contribution in [0.3, 0.4) is 0 Å². The minimum absolute atomic E-state index is 0.0337. The number of amides is 8. The van der Waals surface area contributed by atoms with E-state index in [1.54, 1.807) is 19.6 Å². The molecule has 10 saturated carbocycles. The molecule has 8 amide bonds. The molecule has 14 aliphatic rings. The predicted octanol–water partition coefficient (Wildman–Crippen LogP) is 6.92. The third kappa shape index (κ3) is 6.06. The van der Waals surface area contributed by atoms with Crippen LogP contribution in [0.1, 0.15) is 161 Å². The number of hydrogen-bond donors (Lipinski definition) is 0. The first-order chi connectivity index (χ1) is 32.5. The highest BCUT2D eigenvalue weighted by Gasteiger charge is 2.74. The van der Waals surface area contributed by atoms with Gasteiger partial charge in [-0.15, -0.1) is 0 Å². The second kappa shape index (κ2) is 15.5. The third-order valence-corrected chi connectivity index (χ3v) is 23.2. The molecular weight excluding hydrogens is 845 g/mol. The Kier molecular flexibility index (Phi) is 9.84. The fourth-order valence-corrected chi connectivity index (χ4v) is 20.4. The highest BCUT2D eigenvalue weighted by atomic mass is 16.2. The van der Waals surface area contributed by atoms with E-state index in [1.807, 2.05) is 0 Å². The molecular formula is C55H72N4O8. The molecule has 67 heavy (non-hydrogen) atoms. The van der Waals surface area contributed by atoms with Gasteiger partial charge in [0.1, 0.15) is 0 Å². The molecule has 12 nitrogen and oxygen atoms in total. The molecule has 360 valence electrons. The molecule has 0 aromatic rings. The first-order valence-corrected chi connectivity index (χ1v) is 28.0. The van der Waals surface area contributed by atoms with Crippen LogP contribution >= 0.6 is 0 Å². The average molecular weight is 917 g/mol. The van der Waals surface area contributed by atoms with Gasteiger partial charge in [0.25, 0.3) is 0 Å². The number of likely N-dealkylation sites (tertiary alicyclic amines) is 4. The first kappa shape index (κ1) is 42.4. The molecule has 0 spiro atoms. The second-order valence-corrected chi connectivity index (χ2v) is 25.8. The molecule has 0 N–H and O–H groups in total. The van der Waals surface area contributed by atoms with Crippen molar-refractivity contribution in [3.05, 3.63) is 0 Å². The molecule has 0 aromatic heterocycles. The number of carbonyl (C=O) groups excluding carboxylic acids is 8. The molecule has 0 radical (unpaired) electrons. The number of imide groups is 4. The Morgan fingerprint density at radius 3 is 0.687 bits per heavy atom. The maximum Gasteiger partial charge on any atom is 0.233 e. The molecule has 12 atom stereocenters. The van der Waals surface area contributed by atoms with Gasteiger partial charge < -0.3 is 0 Å². The number of hydrogen-bond acceptors (Lipinski definition) is 8. The Labute approximate surface area is 395 Å². The van der Waals surface area contributed by atoms with Crippen molar-refractivity contribution in [2.24, 2.45) is 107 Å². The number of carbonyl (C=O) groups is 8. The zero-order valence-corrected chi connectivity index (χ0v) is 39.4. The molecule has 4 saturated heterocycles. The largest absolute Gasteiger partial charge is 0.279 e. The van der Waals surface area contributed by atoms with Gasteiger partial charge >= 0.3 is 0 Å². The Hall–Kier alpha value is -3.44. The lowest BCUT2D eigenvalue weighted by Gasteiger charge is -2.38. The van der Waals surface area contributed by atoms with Gasteiger partial charge in [-0.05, 0) is 220 Å². The molecule has 14 rings (SSSR count). The van der Waals surface area contributed by atoms with Crippen molar-refractivity contribution < 1.29 is 38.4 Å². The van der Waals surface area contributed by atoms with E-state index in [-0.39, 0.29) is 107 Å². The quantitative estimate of drug-likeness (QED) is 0.239. The normalized spacial score (nSPS) is 50.7. The number of fused-ring (bicyclic) bond motifs is 18. The number of rotatable bonds is 8. The Balaban J connectivity index is 0.543. The molecule has 12 heteroatoms. The summed E-state index contributed by atoms with van der Waals surface area (Å²) < 4.78 is 0. The van der Waals surface area contributed by atoms with Gasteiger partial charge in [0, 0.05) is 24.2 Å². The summed E-state index contributed by atoms with van der Waals surface area (Å²) in [6, 6.07) is -0.0556. The third-order valence-electron chi connectivity index (χ3n) is 23.2. The summed E-state index contributed by atoms with van der Waals surface area (Å²) in [7, 11) is 0. The summed E-state index contributed by atoms with van der Waals surface area (Å²) in [5, 5.41) is 0. The van der Waals surface area contributed by atoms with Crippen molar-refractivity contribution >= 4 is 47.3 Å². The fourth-order valence-electron chi connectivity index (χ4n) is 20.4. The monoisotopic (exact) mass is 917 g/mol. The SMILES string of the molecule is O=C1C2C3CCC(C3)C2C(=O)N1C1CCC(CC2CCC(N3C(=O)C4C5CC(C4C3=O)C3C(=O)N(C4CCC(CC6CCC(N7C(=O)C8C9CCC(C9)C8C7=O)CC6)CC4)C(=O)C53)CC2)CC1. The smallest absolute Gasteiger partial charge is 0.233 e. The zero-order chi connectivity index (χ0) is 45.3. The summed E-state index contributed by atoms with van der Waals surface area (Å²) in [6.07, 6.45) is 24.6. The minimum Gasteiger partial charge on any atom is -0.279 e. The van der Waals surface area contributed by atoms with E-state index in [1.165, 1.54) is 0 Å². The average Bonchev–Trinajstić information content (AvgIpc) is 4.22. The Morgan fingerprint density at radius 1 is 0.254 bits per heavy atom. The standard InChI is InChI=1S/C55H72N4O8/c60-48-40-30-9-10-31(23-30)41(40)49(61)56(48)34-13-1-26(2-14-34)21-28-5-17-36(18-6-28)58-52(64)44-38-25-39(45(44)53(58)65)47-46(38)54(66)59(55(47)67)37-19-7-29(8-20-37)22-27-3-15-35(16-4-27)57-50(62)42-32-11-12-33(24-32)43(42)51(57)63/h26-47H,1-25H2. The maximum atomic E-state index is 14.3. The van der Waals surface area contributed by atoms with Gasteiger partial charge in [0.15, 0.2) is 0 Å². The summed E-state index contributed by atoms with van der Waals surface area (Å²) in [5.41, 5.74) is 0. The van der Waals surface area contributed by atoms with Gasteiger partial charge in [0.2, 0.25) is 47.3 Å². The van der Waals surface area contributed by atoms with Crippen molar-refractivity contribution in [2.75, 3.05) is 0 Å². The zero-order valence-electron chi connectivity index (χ0n) is 39.4. The highest BCUT2D eigenvalue weighted by molar-refractivity contribution is 6.11. The van der Waals surface area contributed by atoms with E-state index in [0.29, 0.717) is 53.8 Å². The van der Waals surface area contributed by atoms with Crippen LogP contribution in [0.25, 0.3) is 0 Å². The maximum absolute atomic E-state index is 14.3. The van der Waals surface area contributed by atoms with Crippen molar-refractivity contribution in [3.8, 4) is 0 Å². The molecule has 10 aliphatic carbocycles. The van der Waals surface area contributed by atoms with E-state index in [0.717, 1.165) is 154 Å².